The first kappa shape index (κ1) is 15.4. The minimum atomic E-state index is -0.623. The average Bonchev–Trinajstić information content (AvgIpc) is 3.21. The summed E-state index contributed by atoms with van der Waals surface area (Å²) in [5.74, 6) is 0.850. The highest BCUT2D eigenvalue weighted by Gasteiger charge is 2.47. The van der Waals surface area contributed by atoms with Crippen LogP contribution in [0.5, 0.6) is 0 Å². The predicted octanol–water partition coefficient (Wildman–Crippen LogP) is 4.20. The van der Waals surface area contributed by atoms with Crippen molar-refractivity contribution in [3.05, 3.63) is 36.1 Å². The fourth-order valence-electron chi connectivity index (χ4n) is 4.37. The third-order valence-corrected chi connectivity index (χ3v) is 5.53. The third kappa shape index (κ3) is 2.85. The Morgan fingerprint density at radius 1 is 1.12 bits per heavy atom. The minimum absolute atomic E-state index is 0.0164. The molecular formula is C20H22O4. The lowest BCUT2D eigenvalue weighted by Gasteiger charge is -2.40. The molecule has 1 aromatic carbocycles. The quantitative estimate of drug-likeness (QED) is 0.624. The van der Waals surface area contributed by atoms with E-state index in [2.05, 4.69) is 0 Å². The molecule has 1 saturated carbocycles. The number of cyclic esters (lactones) is 1. The van der Waals surface area contributed by atoms with Gasteiger partial charge in [0.1, 0.15) is 29.1 Å². The molecule has 0 amide bonds. The Bertz CT molecular complexity index is 718. The number of esters is 1. The third-order valence-electron chi connectivity index (χ3n) is 5.53. The molecule has 1 atom stereocenters. The maximum Gasteiger partial charge on any atom is 0.313 e. The Hall–Kier alpha value is -2.10. The summed E-state index contributed by atoms with van der Waals surface area (Å²) in [6.07, 6.45) is 6.04. The zero-order chi connectivity index (χ0) is 16.6. The van der Waals surface area contributed by atoms with Gasteiger partial charge >= 0.3 is 5.97 Å². The standard InChI is InChI=1S/C20H22O4/c21-16-12-19(22)24-20(13-16,15-6-2-3-7-15)10-9-17-11-14-5-1-4-8-18(14)23-17/h1,4-5,8,11,15H,2-3,6-7,9-10,12-13H2. The van der Waals surface area contributed by atoms with Gasteiger partial charge in [-0.15, -0.1) is 0 Å². The summed E-state index contributed by atoms with van der Waals surface area (Å²) in [5.41, 5.74) is 0.251. The van der Waals surface area contributed by atoms with E-state index >= 15 is 0 Å². The molecule has 1 saturated heterocycles. The molecule has 24 heavy (non-hydrogen) atoms. The molecule has 126 valence electrons. The fourth-order valence-corrected chi connectivity index (χ4v) is 4.37. The lowest BCUT2D eigenvalue weighted by atomic mass is 9.76. The van der Waals surface area contributed by atoms with Crippen molar-refractivity contribution in [1.29, 1.82) is 0 Å². The van der Waals surface area contributed by atoms with Gasteiger partial charge in [0.15, 0.2) is 0 Å². The highest BCUT2D eigenvalue weighted by molar-refractivity contribution is 5.98. The zero-order valence-corrected chi connectivity index (χ0v) is 13.8. The van der Waals surface area contributed by atoms with Gasteiger partial charge in [0.2, 0.25) is 0 Å². The van der Waals surface area contributed by atoms with Crippen LogP contribution in [-0.2, 0) is 20.7 Å². The Morgan fingerprint density at radius 2 is 1.92 bits per heavy atom. The van der Waals surface area contributed by atoms with Crippen LogP contribution in [0.3, 0.4) is 0 Å². The van der Waals surface area contributed by atoms with Gasteiger partial charge in [-0.25, -0.2) is 0 Å². The SMILES string of the molecule is O=C1CC(=O)OC(CCc2cc3ccccc3o2)(C2CCCC2)C1. The number of benzene rings is 1. The topological polar surface area (TPSA) is 56.5 Å². The van der Waals surface area contributed by atoms with E-state index in [-0.39, 0.29) is 18.2 Å². The summed E-state index contributed by atoms with van der Waals surface area (Å²) in [4.78, 5) is 24.0. The van der Waals surface area contributed by atoms with Crippen LogP contribution in [0.4, 0.5) is 0 Å². The summed E-state index contributed by atoms with van der Waals surface area (Å²) in [7, 11) is 0. The number of hydrogen-bond acceptors (Lipinski definition) is 4. The van der Waals surface area contributed by atoms with Gasteiger partial charge in [0, 0.05) is 18.2 Å². The van der Waals surface area contributed by atoms with Crippen LogP contribution in [0.1, 0.15) is 50.7 Å². The Balaban J connectivity index is 1.57. The number of ether oxygens (including phenoxy) is 1. The van der Waals surface area contributed by atoms with Gasteiger partial charge in [-0.3, -0.25) is 9.59 Å². The first-order valence-corrected chi connectivity index (χ1v) is 8.86. The first-order chi connectivity index (χ1) is 11.6. The molecule has 0 N–H and O–H groups in total. The van der Waals surface area contributed by atoms with E-state index in [9.17, 15) is 9.59 Å². The minimum Gasteiger partial charge on any atom is -0.461 e. The molecule has 2 aromatic rings. The molecule has 0 radical (unpaired) electrons. The van der Waals surface area contributed by atoms with Gasteiger partial charge in [-0.2, -0.15) is 0 Å². The van der Waals surface area contributed by atoms with Gasteiger partial charge in [0.05, 0.1) is 0 Å². The Kier molecular flexibility index (Phi) is 3.91. The number of rotatable bonds is 4. The number of carbonyl (C=O) groups is 2. The van der Waals surface area contributed by atoms with Gasteiger partial charge < -0.3 is 9.15 Å². The van der Waals surface area contributed by atoms with E-state index in [1.807, 2.05) is 30.3 Å². The molecule has 0 bridgehead atoms. The lowest BCUT2D eigenvalue weighted by Crippen LogP contribution is -2.48. The number of hydrogen-bond donors (Lipinski definition) is 0. The smallest absolute Gasteiger partial charge is 0.313 e. The van der Waals surface area contributed by atoms with Crippen molar-refractivity contribution in [3.63, 3.8) is 0 Å². The van der Waals surface area contributed by atoms with Crippen molar-refractivity contribution in [2.75, 3.05) is 0 Å². The van der Waals surface area contributed by atoms with Crippen LogP contribution in [0.15, 0.2) is 34.7 Å². The van der Waals surface area contributed by atoms with Gasteiger partial charge in [-0.05, 0) is 37.3 Å². The van der Waals surface area contributed by atoms with Crippen molar-refractivity contribution in [3.8, 4) is 0 Å². The summed E-state index contributed by atoms with van der Waals surface area (Å²) < 4.78 is 11.7. The summed E-state index contributed by atoms with van der Waals surface area (Å²) in [6.45, 7) is 0. The molecule has 1 aliphatic heterocycles. The number of Topliss-reactive ketones (excluding diaryl/α,β-unsaturated/α-hetero) is 1. The van der Waals surface area contributed by atoms with E-state index in [4.69, 9.17) is 9.15 Å². The predicted molar refractivity (Wildman–Crippen MR) is 89.6 cm³/mol. The normalized spacial score (nSPS) is 25.3. The molecule has 2 fully saturated rings. The Labute approximate surface area is 141 Å². The average molecular weight is 326 g/mol. The molecule has 2 aliphatic rings. The van der Waals surface area contributed by atoms with Crippen molar-refractivity contribution in [2.24, 2.45) is 5.92 Å². The molecule has 0 spiro atoms. The van der Waals surface area contributed by atoms with Crippen molar-refractivity contribution in [2.45, 2.75) is 57.0 Å². The molecule has 4 nitrogen and oxygen atoms in total. The fraction of sp³-hybridized carbons (Fsp3) is 0.500. The van der Waals surface area contributed by atoms with Crippen LogP contribution in [0, 0.1) is 5.92 Å². The number of para-hydroxylation sites is 1. The summed E-state index contributed by atoms with van der Waals surface area (Å²) in [6, 6.07) is 9.97. The van der Waals surface area contributed by atoms with E-state index in [0.29, 0.717) is 25.2 Å². The van der Waals surface area contributed by atoms with Crippen molar-refractivity contribution in [1.82, 2.24) is 0 Å². The van der Waals surface area contributed by atoms with Crippen LogP contribution >= 0.6 is 0 Å². The van der Waals surface area contributed by atoms with Gasteiger partial charge in [0.25, 0.3) is 0 Å². The van der Waals surface area contributed by atoms with Crippen LogP contribution in [0.2, 0.25) is 0 Å². The molecule has 1 unspecified atom stereocenters. The number of fused-ring (bicyclic) bond motifs is 1. The lowest BCUT2D eigenvalue weighted by molar-refractivity contribution is -0.178. The molecule has 2 heterocycles. The van der Waals surface area contributed by atoms with Crippen LogP contribution in [0.25, 0.3) is 11.0 Å². The number of ketones is 1. The summed E-state index contributed by atoms with van der Waals surface area (Å²) in [5, 5.41) is 1.08. The number of carbonyl (C=O) groups excluding carboxylic acids is 2. The highest BCUT2D eigenvalue weighted by Crippen LogP contribution is 2.44. The second-order valence-electron chi connectivity index (χ2n) is 7.16. The largest absolute Gasteiger partial charge is 0.461 e. The van der Waals surface area contributed by atoms with Gasteiger partial charge in [-0.1, -0.05) is 31.0 Å². The number of aryl methyl sites for hydroxylation is 1. The van der Waals surface area contributed by atoms with Crippen molar-refractivity contribution >= 4 is 22.7 Å². The second kappa shape index (κ2) is 6.08. The Morgan fingerprint density at radius 3 is 2.67 bits per heavy atom. The maximum atomic E-state index is 12.1. The van der Waals surface area contributed by atoms with Crippen LogP contribution < -0.4 is 0 Å². The molecule has 1 aliphatic carbocycles. The van der Waals surface area contributed by atoms with E-state index < -0.39 is 5.60 Å². The van der Waals surface area contributed by atoms with Crippen LogP contribution in [-0.4, -0.2) is 17.4 Å². The number of furan rings is 1. The second-order valence-corrected chi connectivity index (χ2v) is 7.16. The molecule has 1 aromatic heterocycles. The highest BCUT2D eigenvalue weighted by atomic mass is 16.6. The van der Waals surface area contributed by atoms with E-state index in [0.717, 1.165) is 42.4 Å². The molecule has 4 heteroatoms. The van der Waals surface area contributed by atoms with E-state index in [1.54, 1.807) is 0 Å². The molecule has 4 rings (SSSR count). The first-order valence-electron chi connectivity index (χ1n) is 8.86. The summed E-state index contributed by atoms with van der Waals surface area (Å²) >= 11 is 0. The van der Waals surface area contributed by atoms with Crippen molar-refractivity contribution < 1.29 is 18.7 Å². The molecular weight excluding hydrogens is 304 g/mol. The monoisotopic (exact) mass is 326 g/mol. The maximum absolute atomic E-state index is 12.1. The zero-order valence-electron chi connectivity index (χ0n) is 13.8. The van der Waals surface area contributed by atoms with E-state index in [1.165, 1.54) is 0 Å².